The summed E-state index contributed by atoms with van der Waals surface area (Å²) in [5.41, 5.74) is 1.71. The highest BCUT2D eigenvalue weighted by Crippen LogP contribution is 2.30. The van der Waals surface area contributed by atoms with Crippen molar-refractivity contribution in [1.29, 1.82) is 0 Å². The molecule has 0 spiro atoms. The molecular weight excluding hydrogens is 492 g/mol. The summed E-state index contributed by atoms with van der Waals surface area (Å²) in [4.78, 5) is 42.3. The van der Waals surface area contributed by atoms with Crippen molar-refractivity contribution in [3.05, 3.63) is 112 Å². The number of carboxylic acid groups (broad SMARTS) is 1. The first-order valence-corrected chi connectivity index (χ1v) is 11.7. The van der Waals surface area contributed by atoms with Crippen LogP contribution >= 0.6 is 0 Å². The third-order valence-corrected chi connectivity index (χ3v) is 6.50. The van der Waals surface area contributed by atoms with Gasteiger partial charge in [0, 0.05) is 36.2 Å². The van der Waals surface area contributed by atoms with E-state index in [1.54, 1.807) is 48.1 Å². The van der Waals surface area contributed by atoms with Crippen molar-refractivity contribution in [2.45, 2.75) is 12.5 Å². The molecule has 0 radical (unpaired) electrons. The van der Waals surface area contributed by atoms with Crippen molar-refractivity contribution in [2.24, 2.45) is 7.05 Å². The summed E-state index contributed by atoms with van der Waals surface area (Å²) in [6.07, 6.45) is 1.38. The lowest BCUT2D eigenvalue weighted by Crippen LogP contribution is -2.43. The van der Waals surface area contributed by atoms with Crippen LogP contribution in [0.25, 0.3) is 32.9 Å². The van der Waals surface area contributed by atoms with Crippen LogP contribution in [0.15, 0.2) is 83.8 Å². The number of hydrogen-bond donors (Lipinski definition) is 2. The van der Waals surface area contributed by atoms with Gasteiger partial charge in [0.15, 0.2) is 0 Å². The molecule has 38 heavy (non-hydrogen) atoms. The summed E-state index contributed by atoms with van der Waals surface area (Å²) >= 11 is 0. The lowest BCUT2D eigenvalue weighted by Gasteiger charge is -2.17. The molecule has 0 aliphatic carbocycles. The Balaban J connectivity index is 1.56. The summed E-state index contributed by atoms with van der Waals surface area (Å²) in [5.74, 6) is -4.74. The Labute approximate surface area is 215 Å². The molecule has 0 bridgehead atoms. The normalized spacial score (nSPS) is 12.0. The maximum Gasteiger partial charge on any atom is 0.326 e. The van der Waals surface area contributed by atoms with Crippen LogP contribution in [0.3, 0.4) is 0 Å². The van der Waals surface area contributed by atoms with Crippen LogP contribution in [0.1, 0.15) is 15.9 Å². The fraction of sp³-hybridized carbons (Fsp3) is 0.103. The van der Waals surface area contributed by atoms with E-state index >= 15 is 0 Å². The monoisotopic (exact) mass is 513 g/mol. The second-order valence-electron chi connectivity index (χ2n) is 8.82. The SMILES string of the molecule is Cn1c(=O)c(-c2ccc(CC(NC(=O)c3c(F)cccc3F)C(=O)O)c3cccnc23)cc2ccccc21. The van der Waals surface area contributed by atoms with Crippen LogP contribution in [0.5, 0.6) is 0 Å². The van der Waals surface area contributed by atoms with E-state index in [4.69, 9.17) is 0 Å². The van der Waals surface area contributed by atoms with E-state index in [0.29, 0.717) is 27.6 Å². The second-order valence-corrected chi connectivity index (χ2v) is 8.82. The molecule has 0 saturated heterocycles. The van der Waals surface area contributed by atoms with Gasteiger partial charge in [0.25, 0.3) is 11.5 Å². The van der Waals surface area contributed by atoms with Crippen LogP contribution < -0.4 is 10.9 Å². The van der Waals surface area contributed by atoms with E-state index in [9.17, 15) is 28.3 Å². The van der Waals surface area contributed by atoms with Crippen LogP contribution in [0.4, 0.5) is 8.78 Å². The highest BCUT2D eigenvalue weighted by atomic mass is 19.1. The fourth-order valence-electron chi connectivity index (χ4n) is 4.61. The van der Waals surface area contributed by atoms with Crippen LogP contribution in [0.2, 0.25) is 0 Å². The summed E-state index contributed by atoms with van der Waals surface area (Å²) in [6, 6.07) is 17.5. The highest BCUT2D eigenvalue weighted by Gasteiger charge is 2.26. The summed E-state index contributed by atoms with van der Waals surface area (Å²) < 4.78 is 29.7. The third kappa shape index (κ3) is 4.39. The smallest absolute Gasteiger partial charge is 0.326 e. The molecule has 5 aromatic rings. The number of carbonyl (C=O) groups is 2. The zero-order valence-corrected chi connectivity index (χ0v) is 20.1. The quantitative estimate of drug-likeness (QED) is 0.349. The highest BCUT2D eigenvalue weighted by molar-refractivity contribution is 5.99. The van der Waals surface area contributed by atoms with E-state index in [1.807, 2.05) is 24.3 Å². The Morgan fingerprint density at radius 2 is 1.71 bits per heavy atom. The predicted molar refractivity (Wildman–Crippen MR) is 139 cm³/mol. The molecule has 190 valence electrons. The number of carbonyl (C=O) groups excluding carboxylic acids is 1. The average Bonchev–Trinajstić information content (AvgIpc) is 2.90. The topological polar surface area (TPSA) is 101 Å². The van der Waals surface area contributed by atoms with E-state index in [2.05, 4.69) is 10.3 Å². The van der Waals surface area contributed by atoms with Crippen molar-refractivity contribution in [2.75, 3.05) is 0 Å². The first kappa shape index (κ1) is 24.8. The Kier molecular flexibility index (Phi) is 6.42. The van der Waals surface area contributed by atoms with Gasteiger partial charge in [-0.2, -0.15) is 0 Å². The van der Waals surface area contributed by atoms with Crippen molar-refractivity contribution < 1.29 is 23.5 Å². The average molecular weight is 514 g/mol. The molecule has 9 heteroatoms. The molecule has 3 aromatic carbocycles. The van der Waals surface area contributed by atoms with Crippen LogP contribution in [-0.2, 0) is 18.3 Å². The second kappa shape index (κ2) is 9.85. The van der Waals surface area contributed by atoms with Gasteiger partial charge < -0.3 is 15.0 Å². The zero-order valence-electron chi connectivity index (χ0n) is 20.1. The number of benzene rings is 3. The van der Waals surface area contributed by atoms with Gasteiger partial charge in [-0.25, -0.2) is 13.6 Å². The van der Waals surface area contributed by atoms with Gasteiger partial charge >= 0.3 is 5.97 Å². The Bertz CT molecular complexity index is 1780. The number of nitrogens with zero attached hydrogens (tertiary/aromatic N) is 2. The van der Waals surface area contributed by atoms with Crippen molar-refractivity contribution in [3.63, 3.8) is 0 Å². The molecule has 1 atom stereocenters. The molecule has 1 unspecified atom stereocenters. The molecule has 7 nitrogen and oxygen atoms in total. The number of halogens is 2. The van der Waals surface area contributed by atoms with Gasteiger partial charge in [0.05, 0.1) is 11.0 Å². The van der Waals surface area contributed by atoms with Gasteiger partial charge in [0.1, 0.15) is 23.2 Å². The number of aryl methyl sites for hydroxylation is 1. The molecule has 0 saturated carbocycles. The number of carboxylic acids is 1. The Morgan fingerprint density at radius 1 is 0.974 bits per heavy atom. The van der Waals surface area contributed by atoms with Crippen LogP contribution in [0, 0.1) is 11.6 Å². The summed E-state index contributed by atoms with van der Waals surface area (Å²) in [6.45, 7) is 0. The van der Waals surface area contributed by atoms with Crippen molar-refractivity contribution in [1.82, 2.24) is 14.9 Å². The van der Waals surface area contributed by atoms with Gasteiger partial charge in [-0.3, -0.25) is 14.6 Å². The molecule has 5 rings (SSSR count). The fourth-order valence-corrected chi connectivity index (χ4v) is 4.61. The molecule has 2 N–H and O–H groups in total. The van der Waals surface area contributed by atoms with E-state index in [1.165, 1.54) is 0 Å². The lowest BCUT2D eigenvalue weighted by molar-refractivity contribution is -0.139. The number of aromatic nitrogens is 2. The summed E-state index contributed by atoms with van der Waals surface area (Å²) in [5, 5.41) is 13.4. The molecule has 0 fully saturated rings. The molecule has 0 aliphatic rings. The molecule has 2 heterocycles. The number of para-hydroxylation sites is 1. The third-order valence-electron chi connectivity index (χ3n) is 6.50. The molecular formula is C29H21F2N3O4. The zero-order chi connectivity index (χ0) is 27.0. The van der Waals surface area contributed by atoms with Crippen molar-refractivity contribution >= 4 is 33.7 Å². The number of amides is 1. The maximum absolute atomic E-state index is 14.1. The molecule has 0 aliphatic heterocycles. The maximum atomic E-state index is 14.1. The number of hydrogen-bond acceptors (Lipinski definition) is 4. The van der Waals surface area contributed by atoms with Gasteiger partial charge in [0.2, 0.25) is 0 Å². The number of rotatable bonds is 6. The van der Waals surface area contributed by atoms with Crippen molar-refractivity contribution in [3.8, 4) is 11.1 Å². The Hall–Kier alpha value is -4.92. The van der Waals surface area contributed by atoms with Gasteiger partial charge in [-0.05, 0) is 41.3 Å². The van der Waals surface area contributed by atoms with Crippen LogP contribution in [-0.4, -0.2) is 32.6 Å². The minimum atomic E-state index is -1.48. The summed E-state index contributed by atoms with van der Waals surface area (Å²) in [7, 11) is 1.69. The number of pyridine rings is 2. The number of nitrogens with one attached hydrogen (secondary N) is 1. The number of fused-ring (bicyclic) bond motifs is 2. The van der Waals surface area contributed by atoms with E-state index < -0.39 is 35.1 Å². The van der Waals surface area contributed by atoms with E-state index in [-0.39, 0.29) is 12.0 Å². The number of aliphatic carboxylic acids is 1. The standard InChI is InChI=1S/C29H21F2N3O4/c1-34-24-10-3-2-6-17(24)14-20(28(34)36)19-12-11-16(18-7-5-13-32-26(18)19)15-23(29(37)38)33-27(35)25-21(30)8-4-9-22(25)31/h2-14,23H,15H2,1H3,(H,33,35)(H,37,38). The largest absolute Gasteiger partial charge is 0.480 e. The lowest BCUT2D eigenvalue weighted by atomic mass is 9.95. The minimum absolute atomic E-state index is 0.185. The molecule has 2 aromatic heterocycles. The van der Waals surface area contributed by atoms with Gasteiger partial charge in [-0.1, -0.05) is 42.5 Å². The Morgan fingerprint density at radius 3 is 2.45 bits per heavy atom. The van der Waals surface area contributed by atoms with E-state index in [0.717, 1.165) is 29.1 Å². The first-order valence-electron chi connectivity index (χ1n) is 11.7. The first-order chi connectivity index (χ1) is 18.3. The van der Waals surface area contributed by atoms with Gasteiger partial charge in [-0.15, -0.1) is 0 Å². The molecule has 1 amide bonds. The minimum Gasteiger partial charge on any atom is -0.480 e. The predicted octanol–water partition coefficient (Wildman–Crippen LogP) is 4.46.